The van der Waals surface area contributed by atoms with E-state index in [9.17, 15) is 4.79 Å². The number of pyridine rings is 1. The Labute approximate surface area is 114 Å². The third-order valence-corrected chi connectivity index (χ3v) is 3.04. The quantitative estimate of drug-likeness (QED) is 0.793. The number of nitrogens with two attached hydrogens (primary N) is 1. The molecule has 0 saturated heterocycles. The molecule has 0 aliphatic carbocycles. The van der Waals surface area contributed by atoms with E-state index in [-0.39, 0.29) is 11.4 Å². The highest BCUT2D eigenvalue weighted by atomic mass is 16.5. The Hall–Kier alpha value is -1.62. The zero-order chi connectivity index (χ0) is 14.5. The predicted octanol–water partition coefficient (Wildman–Crippen LogP) is 1.68. The van der Waals surface area contributed by atoms with Crippen molar-refractivity contribution in [1.82, 2.24) is 4.98 Å². The SMILES string of the molecule is CCN(CC(C)(C)CN)c1cc(C(=O)OC)ccn1. The summed E-state index contributed by atoms with van der Waals surface area (Å²) in [7, 11) is 1.37. The van der Waals surface area contributed by atoms with Gasteiger partial charge in [0.2, 0.25) is 0 Å². The molecule has 0 aliphatic heterocycles. The molecule has 0 radical (unpaired) electrons. The zero-order valence-corrected chi connectivity index (χ0v) is 12.1. The highest BCUT2D eigenvalue weighted by Gasteiger charge is 2.21. The molecule has 0 aliphatic rings. The summed E-state index contributed by atoms with van der Waals surface area (Å²) in [5.74, 6) is 0.421. The number of methoxy groups -OCH3 is 1. The molecule has 0 unspecified atom stereocenters. The first kappa shape index (κ1) is 15.4. The van der Waals surface area contributed by atoms with Crippen molar-refractivity contribution in [3.63, 3.8) is 0 Å². The van der Waals surface area contributed by atoms with Gasteiger partial charge in [-0.1, -0.05) is 13.8 Å². The Morgan fingerprint density at radius 1 is 1.53 bits per heavy atom. The molecule has 0 aromatic carbocycles. The molecular weight excluding hydrogens is 242 g/mol. The average Bonchev–Trinajstić information content (AvgIpc) is 2.44. The van der Waals surface area contributed by atoms with Crippen molar-refractivity contribution in [1.29, 1.82) is 0 Å². The number of hydrogen-bond donors (Lipinski definition) is 1. The van der Waals surface area contributed by atoms with Gasteiger partial charge in [0.25, 0.3) is 0 Å². The standard InChI is InChI=1S/C14H23N3O2/c1-5-17(10-14(2,3)9-15)12-8-11(6-7-16-12)13(18)19-4/h6-8H,5,9-10,15H2,1-4H3. The van der Waals surface area contributed by atoms with Crippen LogP contribution in [0.2, 0.25) is 0 Å². The van der Waals surface area contributed by atoms with Crippen molar-refractivity contribution >= 4 is 11.8 Å². The van der Waals surface area contributed by atoms with Gasteiger partial charge in [0, 0.05) is 19.3 Å². The maximum atomic E-state index is 11.5. The van der Waals surface area contributed by atoms with Crippen molar-refractivity contribution in [3.05, 3.63) is 23.9 Å². The summed E-state index contributed by atoms with van der Waals surface area (Å²) in [6, 6.07) is 3.40. The summed E-state index contributed by atoms with van der Waals surface area (Å²) in [6.07, 6.45) is 1.62. The molecule has 106 valence electrons. The molecule has 0 fully saturated rings. The lowest BCUT2D eigenvalue weighted by Gasteiger charge is -2.32. The second kappa shape index (κ2) is 6.52. The van der Waals surface area contributed by atoms with E-state index in [0.717, 1.165) is 18.9 Å². The highest BCUT2D eigenvalue weighted by Crippen LogP contribution is 2.20. The maximum absolute atomic E-state index is 11.5. The monoisotopic (exact) mass is 265 g/mol. The van der Waals surface area contributed by atoms with Crippen LogP contribution in [0.4, 0.5) is 5.82 Å². The number of carbonyl (C=O) groups excluding carboxylic acids is 1. The maximum Gasteiger partial charge on any atom is 0.338 e. The number of esters is 1. The third-order valence-electron chi connectivity index (χ3n) is 3.04. The van der Waals surface area contributed by atoms with Crippen LogP contribution in [0.15, 0.2) is 18.3 Å². The van der Waals surface area contributed by atoms with Crippen LogP contribution in [0, 0.1) is 5.41 Å². The summed E-state index contributed by atoms with van der Waals surface area (Å²) in [4.78, 5) is 18.0. The number of carbonyl (C=O) groups is 1. The topological polar surface area (TPSA) is 68.5 Å². The first-order valence-electron chi connectivity index (χ1n) is 6.43. The Balaban J connectivity index is 2.96. The Morgan fingerprint density at radius 2 is 2.21 bits per heavy atom. The van der Waals surface area contributed by atoms with Gasteiger partial charge in [-0.15, -0.1) is 0 Å². The summed E-state index contributed by atoms with van der Waals surface area (Å²) in [5.41, 5.74) is 6.28. The van der Waals surface area contributed by atoms with Crippen LogP contribution in [0.5, 0.6) is 0 Å². The van der Waals surface area contributed by atoms with E-state index in [4.69, 9.17) is 10.5 Å². The van der Waals surface area contributed by atoms with Crippen LogP contribution in [-0.4, -0.2) is 37.7 Å². The van der Waals surface area contributed by atoms with Crippen molar-refractivity contribution in [2.45, 2.75) is 20.8 Å². The van der Waals surface area contributed by atoms with E-state index in [1.54, 1.807) is 18.3 Å². The molecule has 1 aromatic rings. The Bertz CT molecular complexity index is 432. The van der Waals surface area contributed by atoms with E-state index in [2.05, 4.69) is 30.7 Å². The number of anilines is 1. The van der Waals surface area contributed by atoms with E-state index in [1.807, 2.05) is 0 Å². The number of ether oxygens (including phenoxy) is 1. The second-order valence-electron chi connectivity index (χ2n) is 5.28. The largest absolute Gasteiger partial charge is 0.465 e. The summed E-state index contributed by atoms with van der Waals surface area (Å²) in [5, 5.41) is 0. The fourth-order valence-corrected chi connectivity index (χ4v) is 1.77. The van der Waals surface area contributed by atoms with Gasteiger partial charge < -0.3 is 15.4 Å². The minimum absolute atomic E-state index is 0.00103. The lowest BCUT2D eigenvalue weighted by molar-refractivity contribution is 0.0600. The van der Waals surface area contributed by atoms with Crippen LogP contribution in [0.25, 0.3) is 0 Å². The van der Waals surface area contributed by atoms with Crippen LogP contribution >= 0.6 is 0 Å². The van der Waals surface area contributed by atoms with Gasteiger partial charge in [0.1, 0.15) is 5.82 Å². The van der Waals surface area contributed by atoms with Crippen molar-refractivity contribution in [2.24, 2.45) is 11.1 Å². The molecule has 0 bridgehead atoms. The van der Waals surface area contributed by atoms with E-state index in [0.29, 0.717) is 12.1 Å². The average molecular weight is 265 g/mol. The first-order valence-corrected chi connectivity index (χ1v) is 6.43. The minimum atomic E-state index is -0.349. The molecule has 0 saturated carbocycles. The van der Waals surface area contributed by atoms with Crippen LogP contribution < -0.4 is 10.6 Å². The third kappa shape index (κ3) is 4.21. The van der Waals surface area contributed by atoms with Gasteiger partial charge in [0.15, 0.2) is 0 Å². The van der Waals surface area contributed by atoms with Crippen LogP contribution in [-0.2, 0) is 4.74 Å². The number of nitrogens with zero attached hydrogens (tertiary/aromatic N) is 2. The summed E-state index contributed by atoms with van der Waals surface area (Å²) < 4.78 is 4.72. The van der Waals surface area contributed by atoms with E-state index >= 15 is 0 Å². The van der Waals surface area contributed by atoms with Gasteiger partial charge in [0.05, 0.1) is 12.7 Å². The molecule has 0 atom stereocenters. The van der Waals surface area contributed by atoms with Crippen LogP contribution in [0.1, 0.15) is 31.1 Å². The molecule has 0 spiro atoms. The Morgan fingerprint density at radius 3 is 2.74 bits per heavy atom. The van der Waals surface area contributed by atoms with Crippen molar-refractivity contribution in [3.8, 4) is 0 Å². The molecule has 1 heterocycles. The summed E-state index contributed by atoms with van der Waals surface area (Å²) in [6.45, 7) is 8.47. The van der Waals surface area contributed by atoms with Crippen LogP contribution in [0.3, 0.4) is 0 Å². The van der Waals surface area contributed by atoms with E-state index in [1.165, 1.54) is 7.11 Å². The molecule has 5 heteroatoms. The van der Waals surface area contributed by atoms with Gasteiger partial charge in [-0.2, -0.15) is 0 Å². The van der Waals surface area contributed by atoms with Gasteiger partial charge in [-0.3, -0.25) is 0 Å². The smallest absolute Gasteiger partial charge is 0.338 e. The highest BCUT2D eigenvalue weighted by molar-refractivity contribution is 5.90. The summed E-state index contributed by atoms with van der Waals surface area (Å²) >= 11 is 0. The van der Waals surface area contributed by atoms with Gasteiger partial charge >= 0.3 is 5.97 Å². The lowest BCUT2D eigenvalue weighted by Crippen LogP contribution is -2.39. The van der Waals surface area contributed by atoms with Gasteiger partial charge in [-0.05, 0) is 31.0 Å². The number of rotatable bonds is 6. The fourth-order valence-electron chi connectivity index (χ4n) is 1.77. The first-order chi connectivity index (χ1) is 8.93. The lowest BCUT2D eigenvalue weighted by atomic mass is 9.93. The Kier molecular flexibility index (Phi) is 5.30. The van der Waals surface area contributed by atoms with E-state index < -0.39 is 0 Å². The molecule has 1 rings (SSSR count). The predicted molar refractivity (Wildman–Crippen MR) is 76.3 cm³/mol. The van der Waals surface area contributed by atoms with Crippen molar-refractivity contribution in [2.75, 3.05) is 31.6 Å². The molecule has 2 N–H and O–H groups in total. The van der Waals surface area contributed by atoms with Gasteiger partial charge in [-0.25, -0.2) is 9.78 Å². The fraction of sp³-hybridized carbons (Fsp3) is 0.571. The molecule has 19 heavy (non-hydrogen) atoms. The molecule has 5 nitrogen and oxygen atoms in total. The molecule has 1 aromatic heterocycles. The van der Waals surface area contributed by atoms with Crippen molar-refractivity contribution < 1.29 is 9.53 Å². The zero-order valence-electron chi connectivity index (χ0n) is 12.1. The second-order valence-corrected chi connectivity index (χ2v) is 5.28. The molecular formula is C14H23N3O2. The number of hydrogen-bond acceptors (Lipinski definition) is 5. The molecule has 0 amide bonds. The normalized spacial score (nSPS) is 11.2. The minimum Gasteiger partial charge on any atom is -0.465 e. The number of aromatic nitrogens is 1.